The number of rotatable bonds is 5. The molecule has 0 radical (unpaired) electrons. The van der Waals surface area contributed by atoms with Gasteiger partial charge in [0.05, 0.1) is 0 Å². The molecular formula is C17H25NO2. The minimum absolute atomic E-state index is 0.152. The van der Waals surface area contributed by atoms with Gasteiger partial charge in [0.25, 0.3) is 5.91 Å². The maximum Gasteiger partial charge on any atom is 0.252 e. The summed E-state index contributed by atoms with van der Waals surface area (Å²) in [5.74, 6) is 0.615. The molecule has 0 saturated carbocycles. The molecule has 1 heterocycles. The first-order chi connectivity index (χ1) is 9.58. The van der Waals surface area contributed by atoms with E-state index in [0.29, 0.717) is 12.5 Å². The van der Waals surface area contributed by atoms with Crippen LogP contribution in [0.3, 0.4) is 0 Å². The SMILES string of the molecule is Cc1ccccc1CN(CC(C)C)C(=O)[C@@H]1CCCO1. The Morgan fingerprint density at radius 3 is 2.75 bits per heavy atom. The summed E-state index contributed by atoms with van der Waals surface area (Å²) in [5, 5.41) is 0. The summed E-state index contributed by atoms with van der Waals surface area (Å²) in [6.07, 6.45) is 1.63. The van der Waals surface area contributed by atoms with Gasteiger partial charge in [0.2, 0.25) is 0 Å². The number of carbonyl (C=O) groups excluding carboxylic acids is 1. The lowest BCUT2D eigenvalue weighted by atomic mass is 10.1. The first kappa shape index (κ1) is 15.0. The largest absolute Gasteiger partial charge is 0.368 e. The molecule has 1 aliphatic rings. The Labute approximate surface area is 121 Å². The van der Waals surface area contributed by atoms with Gasteiger partial charge in [0, 0.05) is 19.7 Å². The van der Waals surface area contributed by atoms with Crippen LogP contribution in [0.1, 0.15) is 37.8 Å². The van der Waals surface area contributed by atoms with Crippen LogP contribution in [0.15, 0.2) is 24.3 Å². The topological polar surface area (TPSA) is 29.5 Å². The van der Waals surface area contributed by atoms with E-state index in [4.69, 9.17) is 4.74 Å². The molecule has 1 fully saturated rings. The summed E-state index contributed by atoms with van der Waals surface area (Å²) in [4.78, 5) is 14.6. The highest BCUT2D eigenvalue weighted by Gasteiger charge is 2.28. The highest BCUT2D eigenvalue weighted by molar-refractivity contribution is 5.81. The Bertz CT molecular complexity index is 450. The van der Waals surface area contributed by atoms with E-state index in [2.05, 4.69) is 32.9 Å². The fraction of sp³-hybridized carbons (Fsp3) is 0.588. The van der Waals surface area contributed by atoms with Gasteiger partial charge in [0.15, 0.2) is 0 Å². The van der Waals surface area contributed by atoms with Crippen LogP contribution in [-0.4, -0.2) is 30.1 Å². The number of hydrogen-bond acceptors (Lipinski definition) is 2. The van der Waals surface area contributed by atoms with Crippen molar-refractivity contribution in [3.05, 3.63) is 35.4 Å². The van der Waals surface area contributed by atoms with Crippen LogP contribution in [0.2, 0.25) is 0 Å². The van der Waals surface area contributed by atoms with E-state index < -0.39 is 0 Å². The molecule has 0 N–H and O–H groups in total. The lowest BCUT2D eigenvalue weighted by Crippen LogP contribution is -2.40. The van der Waals surface area contributed by atoms with Crippen LogP contribution in [0.5, 0.6) is 0 Å². The maximum atomic E-state index is 12.6. The van der Waals surface area contributed by atoms with Crippen LogP contribution >= 0.6 is 0 Å². The lowest BCUT2D eigenvalue weighted by molar-refractivity contribution is -0.142. The van der Waals surface area contributed by atoms with Gasteiger partial charge in [0.1, 0.15) is 6.10 Å². The fourth-order valence-electron chi connectivity index (χ4n) is 2.64. The number of ether oxygens (including phenoxy) is 1. The van der Waals surface area contributed by atoms with Gasteiger partial charge < -0.3 is 9.64 Å². The van der Waals surface area contributed by atoms with E-state index in [1.165, 1.54) is 11.1 Å². The second kappa shape index (κ2) is 6.89. The zero-order chi connectivity index (χ0) is 14.5. The Morgan fingerprint density at radius 1 is 1.40 bits per heavy atom. The smallest absolute Gasteiger partial charge is 0.252 e. The Kier molecular flexibility index (Phi) is 5.18. The molecule has 0 aliphatic carbocycles. The van der Waals surface area contributed by atoms with Crippen LogP contribution in [-0.2, 0) is 16.1 Å². The second-order valence-electron chi connectivity index (χ2n) is 6.04. The lowest BCUT2D eigenvalue weighted by Gasteiger charge is -2.27. The Hall–Kier alpha value is -1.35. The van der Waals surface area contributed by atoms with Gasteiger partial charge in [-0.05, 0) is 36.8 Å². The van der Waals surface area contributed by atoms with Crippen molar-refractivity contribution in [1.29, 1.82) is 0 Å². The molecule has 2 rings (SSSR count). The summed E-state index contributed by atoms with van der Waals surface area (Å²) >= 11 is 0. The van der Waals surface area contributed by atoms with Crippen molar-refractivity contribution in [3.8, 4) is 0 Å². The molecule has 3 nitrogen and oxygen atoms in total. The Balaban J connectivity index is 2.10. The molecule has 110 valence electrons. The Morgan fingerprint density at radius 2 is 2.15 bits per heavy atom. The molecule has 1 saturated heterocycles. The van der Waals surface area contributed by atoms with Crippen molar-refractivity contribution < 1.29 is 9.53 Å². The number of benzene rings is 1. The number of aryl methyl sites for hydroxylation is 1. The number of carbonyl (C=O) groups is 1. The van der Waals surface area contributed by atoms with E-state index >= 15 is 0 Å². The first-order valence-corrected chi connectivity index (χ1v) is 7.53. The number of nitrogens with zero attached hydrogens (tertiary/aromatic N) is 1. The van der Waals surface area contributed by atoms with E-state index in [0.717, 1.165) is 26.0 Å². The van der Waals surface area contributed by atoms with Crippen molar-refractivity contribution in [2.75, 3.05) is 13.2 Å². The summed E-state index contributed by atoms with van der Waals surface area (Å²) in [6.45, 7) is 8.58. The molecular weight excluding hydrogens is 250 g/mol. The van der Waals surface area contributed by atoms with E-state index in [1.807, 2.05) is 17.0 Å². The zero-order valence-corrected chi connectivity index (χ0v) is 12.8. The molecule has 20 heavy (non-hydrogen) atoms. The molecule has 1 aromatic rings. The fourth-order valence-corrected chi connectivity index (χ4v) is 2.64. The quantitative estimate of drug-likeness (QED) is 0.826. The third-order valence-electron chi connectivity index (χ3n) is 3.72. The van der Waals surface area contributed by atoms with E-state index in [-0.39, 0.29) is 12.0 Å². The highest BCUT2D eigenvalue weighted by Crippen LogP contribution is 2.18. The van der Waals surface area contributed by atoms with Gasteiger partial charge in [-0.1, -0.05) is 38.1 Å². The van der Waals surface area contributed by atoms with Gasteiger partial charge in [-0.15, -0.1) is 0 Å². The van der Waals surface area contributed by atoms with Crippen molar-refractivity contribution >= 4 is 5.91 Å². The average molecular weight is 275 g/mol. The summed E-state index contributed by atoms with van der Waals surface area (Å²) in [6, 6.07) is 8.27. The van der Waals surface area contributed by atoms with Gasteiger partial charge in [-0.25, -0.2) is 0 Å². The van der Waals surface area contributed by atoms with E-state index in [9.17, 15) is 4.79 Å². The van der Waals surface area contributed by atoms with E-state index in [1.54, 1.807) is 0 Å². The molecule has 1 amide bonds. The summed E-state index contributed by atoms with van der Waals surface area (Å²) in [7, 11) is 0. The highest BCUT2D eigenvalue weighted by atomic mass is 16.5. The normalized spacial score (nSPS) is 18.5. The first-order valence-electron chi connectivity index (χ1n) is 7.53. The molecule has 0 spiro atoms. The van der Waals surface area contributed by atoms with Crippen LogP contribution in [0.4, 0.5) is 0 Å². The third kappa shape index (κ3) is 3.83. The van der Waals surface area contributed by atoms with Gasteiger partial charge in [-0.2, -0.15) is 0 Å². The summed E-state index contributed by atoms with van der Waals surface area (Å²) < 4.78 is 5.55. The van der Waals surface area contributed by atoms with Crippen LogP contribution < -0.4 is 0 Å². The number of hydrogen-bond donors (Lipinski definition) is 0. The van der Waals surface area contributed by atoms with Crippen molar-refractivity contribution in [2.45, 2.75) is 46.3 Å². The predicted octanol–water partition coefficient (Wildman–Crippen LogP) is 3.16. The van der Waals surface area contributed by atoms with Gasteiger partial charge >= 0.3 is 0 Å². The minimum Gasteiger partial charge on any atom is -0.368 e. The molecule has 0 aromatic heterocycles. The molecule has 0 unspecified atom stereocenters. The van der Waals surface area contributed by atoms with Crippen LogP contribution in [0.25, 0.3) is 0 Å². The summed E-state index contributed by atoms with van der Waals surface area (Å²) in [5.41, 5.74) is 2.46. The van der Waals surface area contributed by atoms with Crippen molar-refractivity contribution in [3.63, 3.8) is 0 Å². The van der Waals surface area contributed by atoms with Crippen LogP contribution in [0, 0.1) is 12.8 Å². The second-order valence-corrected chi connectivity index (χ2v) is 6.04. The standard InChI is InChI=1S/C17H25NO2/c1-13(2)11-18(17(19)16-9-6-10-20-16)12-15-8-5-4-7-14(15)3/h4-5,7-8,13,16H,6,9-12H2,1-3H3/t16-/m0/s1. The minimum atomic E-state index is -0.224. The molecule has 1 aliphatic heterocycles. The monoisotopic (exact) mass is 275 g/mol. The third-order valence-corrected chi connectivity index (χ3v) is 3.72. The molecule has 0 bridgehead atoms. The average Bonchev–Trinajstić information content (AvgIpc) is 2.93. The molecule has 1 atom stereocenters. The van der Waals surface area contributed by atoms with Crippen molar-refractivity contribution in [1.82, 2.24) is 4.90 Å². The molecule has 3 heteroatoms. The maximum absolute atomic E-state index is 12.6. The predicted molar refractivity (Wildman–Crippen MR) is 80.4 cm³/mol. The molecule has 1 aromatic carbocycles. The van der Waals surface area contributed by atoms with Crippen molar-refractivity contribution in [2.24, 2.45) is 5.92 Å². The number of amides is 1. The van der Waals surface area contributed by atoms with Gasteiger partial charge in [-0.3, -0.25) is 4.79 Å². The zero-order valence-electron chi connectivity index (χ0n) is 12.8.